The zero-order chi connectivity index (χ0) is 19.1. The summed E-state index contributed by atoms with van der Waals surface area (Å²) in [4.78, 5) is 12.1. The summed E-state index contributed by atoms with van der Waals surface area (Å²) in [6.45, 7) is 7.81. The molecule has 3 N–H and O–H groups in total. The van der Waals surface area contributed by atoms with Gasteiger partial charge in [0, 0.05) is 17.3 Å². The van der Waals surface area contributed by atoms with Crippen LogP contribution in [0.4, 0.5) is 5.69 Å². The summed E-state index contributed by atoms with van der Waals surface area (Å²) in [6.07, 6.45) is 1.60. The quantitative estimate of drug-likeness (QED) is 0.451. The molecule has 138 valence electrons. The molecule has 6 nitrogen and oxygen atoms in total. The van der Waals surface area contributed by atoms with Gasteiger partial charge in [-0.3, -0.25) is 4.79 Å². The summed E-state index contributed by atoms with van der Waals surface area (Å²) >= 11 is 0. The normalized spacial score (nSPS) is 11.2. The summed E-state index contributed by atoms with van der Waals surface area (Å²) in [7, 11) is 0. The van der Waals surface area contributed by atoms with Gasteiger partial charge in [-0.2, -0.15) is 5.10 Å². The number of nitrogen functional groups attached to an aromatic ring is 1. The van der Waals surface area contributed by atoms with Gasteiger partial charge in [-0.05, 0) is 52.0 Å². The minimum absolute atomic E-state index is 0.00448. The zero-order valence-electron chi connectivity index (χ0n) is 15.5. The second kappa shape index (κ2) is 8.89. The largest absolute Gasteiger partial charge is 0.491 e. The summed E-state index contributed by atoms with van der Waals surface area (Å²) < 4.78 is 11.5. The van der Waals surface area contributed by atoms with Gasteiger partial charge >= 0.3 is 0 Å². The molecular weight excluding hydrogens is 330 g/mol. The number of para-hydroxylation sites is 1. The van der Waals surface area contributed by atoms with Crippen molar-refractivity contribution >= 4 is 17.8 Å². The number of carbonyl (C=O) groups is 1. The van der Waals surface area contributed by atoms with E-state index in [0.717, 1.165) is 5.56 Å². The Hall–Kier alpha value is -3.02. The SMILES string of the molecule is CC(C)Oc1ccc(/C=N/NC(=O)c2ccccc2N)c(OC(C)C)c1. The van der Waals surface area contributed by atoms with Crippen LogP contribution in [0.5, 0.6) is 11.5 Å². The number of hydrogen-bond acceptors (Lipinski definition) is 5. The van der Waals surface area contributed by atoms with Crippen molar-refractivity contribution in [2.75, 3.05) is 5.73 Å². The van der Waals surface area contributed by atoms with E-state index in [9.17, 15) is 4.79 Å². The average Bonchev–Trinajstić information content (AvgIpc) is 2.56. The fourth-order valence-corrected chi connectivity index (χ4v) is 2.25. The maximum Gasteiger partial charge on any atom is 0.273 e. The van der Waals surface area contributed by atoms with E-state index in [4.69, 9.17) is 15.2 Å². The van der Waals surface area contributed by atoms with Gasteiger partial charge < -0.3 is 15.2 Å². The van der Waals surface area contributed by atoms with Gasteiger partial charge in [0.1, 0.15) is 11.5 Å². The smallest absolute Gasteiger partial charge is 0.273 e. The molecule has 2 aromatic carbocycles. The molecular formula is C20H25N3O3. The minimum atomic E-state index is -0.370. The van der Waals surface area contributed by atoms with Gasteiger partial charge in [-0.1, -0.05) is 12.1 Å². The van der Waals surface area contributed by atoms with Crippen molar-refractivity contribution in [2.45, 2.75) is 39.9 Å². The van der Waals surface area contributed by atoms with E-state index in [1.54, 1.807) is 24.3 Å². The van der Waals surface area contributed by atoms with Crippen LogP contribution in [0.15, 0.2) is 47.6 Å². The molecule has 0 aliphatic carbocycles. The van der Waals surface area contributed by atoms with E-state index in [1.807, 2.05) is 45.9 Å². The van der Waals surface area contributed by atoms with Crippen LogP contribution in [0.2, 0.25) is 0 Å². The van der Waals surface area contributed by atoms with Crippen LogP contribution in [-0.4, -0.2) is 24.3 Å². The molecule has 0 fully saturated rings. The first-order valence-electron chi connectivity index (χ1n) is 8.52. The van der Waals surface area contributed by atoms with Crippen molar-refractivity contribution in [3.63, 3.8) is 0 Å². The number of benzene rings is 2. The van der Waals surface area contributed by atoms with E-state index >= 15 is 0 Å². The second-order valence-electron chi connectivity index (χ2n) is 6.32. The fourth-order valence-electron chi connectivity index (χ4n) is 2.25. The number of carbonyl (C=O) groups excluding carboxylic acids is 1. The Morgan fingerprint density at radius 2 is 1.77 bits per heavy atom. The van der Waals surface area contributed by atoms with Crippen LogP contribution >= 0.6 is 0 Å². The van der Waals surface area contributed by atoms with Crippen LogP contribution in [0.25, 0.3) is 0 Å². The van der Waals surface area contributed by atoms with Gasteiger partial charge in [0.25, 0.3) is 5.91 Å². The Balaban J connectivity index is 2.15. The number of hydrogen-bond donors (Lipinski definition) is 2. The van der Waals surface area contributed by atoms with Crippen LogP contribution in [0.1, 0.15) is 43.6 Å². The number of nitrogens with zero attached hydrogens (tertiary/aromatic N) is 1. The predicted molar refractivity (Wildman–Crippen MR) is 104 cm³/mol. The lowest BCUT2D eigenvalue weighted by Gasteiger charge is -2.15. The molecule has 0 unspecified atom stereocenters. The maximum atomic E-state index is 12.1. The van der Waals surface area contributed by atoms with Gasteiger partial charge in [0.05, 0.1) is 24.0 Å². The number of nitrogens with one attached hydrogen (secondary N) is 1. The van der Waals surface area contributed by atoms with Crippen molar-refractivity contribution < 1.29 is 14.3 Å². The number of nitrogens with two attached hydrogens (primary N) is 1. The molecule has 0 radical (unpaired) electrons. The molecule has 0 saturated carbocycles. The molecule has 0 aliphatic heterocycles. The monoisotopic (exact) mass is 355 g/mol. The minimum Gasteiger partial charge on any atom is -0.491 e. The number of amides is 1. The Morgan fingerprint density at radius 3 is 2.42 bits per heavy atom. The van der Waals surface area contributed by atoms with E-state index in [1.165, 1.54) is 6.21 Å². The molecule has 2 aromatic rings. The molecule has 0 bridgehead atoms. The maximum absolute atomic E-state index is 12.1. The third-order valence-electron chi connectivity index (χ3n) is 3.29. The topological polar surface area (TPSA) is 85.9 Å². The lowest BCUT2D eigenvalue weighted by Crippen LogP contribution is -2.19. The van der Waals surface area contributed by atoms with Crippen LogP contribution in [0.3, 0.4) is 0 Å². The van der Waals surface area contributed by atoms with Crippen LogP contribution in [0, 0.1) is 0 Å². The second-order valence-corrected chi connectivity index (χ2v) is 6.32. The Morgan fingerprint density at radius 1 is 1.08 bits per heavy atom. The summed E-state index contributed by atoms with van der Waals surface area (Å²) in [5, 5.41) is 4.02. The first kappa shape index (κ1) is 19.3. The molecule has 1 amide bonds. The van der Waals surface area contributed by atoms with Crippen molar-refractivity contribution in [3.05, 3.63) is 53.6 Å². The average molecular weight is 355 g/mol. The number of ether oxygens (including phenoxy) is 2. The highest BCUT2D eigenvalue weighted by Crippen LogP contribution is 2.25. The lowest BCUT2D eigenvalue weighted by molar-refractivity contribution is 0.0956. The fraction of sp³-hybridized carbons (Fsp3) is 0.300. The first-order chi connectivity index (χ1) is 12.4. The first-order valence-corrected chi connectivity index (χ1v) is 8.52. The third-order valence-corrected chi connectivity index (χ3v) is 3.29. The molecule has 0 saturated heterocycles. The highest BCUT2D eigenvalue weighted by Gasteiger charge is 2.09. The van der Waals surface area contributed by atoms with E-state index < -0.39 is 0 Å². The molecule has 0 atom stereocenters. The molecule has 0 heterocycles. The molecule has 2 rings (SSSR count). The van der Waals surface area contributed by atoms with Crippen LogP contribution < -0.4 is 20.6 Å². The zero-order valence-corrected chi connectivity index (χ0v) is 15.5. The van der Waals surface area contributed by atoms with Crippen molar-refractivity contribution in [1.82, 2.24) is 5.43 Å². The third kappa shape index (κ3) is 5.51. The van der Waals surface area contributed by atoms with Gasteiger partial charge in [0.2, 0.25) is 0 Å². The van der Waals surface area contributed by atoms with Gasteiger partial charge in [-0.15, -0.1) is 0 Å². The lowest BCUT2D eigenvalue weighted by atomic mass is 10.2. The Labute approximate surface area is 154 Å². The van der Waals surface area contributed by atoms with Crippen LogP contribution in [-0.2, 0) is 0 Å². The van der Waals surface area contributed by atoms with Crippen molar-refractivity contribution in [2.24, 2.45) is 5.10 Å². The number of anilines is 1. The highest BCUT2D eigenvalue weighted by molar-refractivity contribution is 5.99. The van der Waals surface area contributed by atoms with Gasteiger partial charge in [-0.25, -0.2) is 5.43 Å². The molecule has 6 heteroatoms. The molecule has 0 aromatic heterocycles. The standard InChI is InChI=1S/C20H25N3O3/c1-13(2)25-16-10-9-15(19(11-16)26-14(3)4)12-22-23-20(24)17-7-5-6-8-18(17)21/h5-14H,21H2,1-4H3,(H,23,24)/b22-12+. The van der Waals surface area contributed by atoms with Crippen molar-refractivity contribution in [1.29, 1.82) is 0 Å². The summed E-state index contributed by atoms with van der Waals surface area (Å²) in [5.74, 6) is 0.981. The van der Waals surface area contributed by atoms with Gasteiger partial charge in [0.15, 0.2) is 0 Å². The molecule has 0 aliphatic rings. The van der Waals surface area contributed by atoms with E-state index in [2.05, 4.69) is 10.5 Å². The summed E-state index contributed by atoms with van der Waals surface area (Å²) in [5.41, 5.74) is 9.79. The van der Waals surface area contributed by atoms with Crippen molar-refractivity contribution in [3.8, 4) is 11.5 Å². The molecule has 0 spiro atoms. The number of hydrazone groups is 1. The Kier molecular flexibility index (Phi) is 6.60. The highest BCUT2D eigenvalue weighted by atomic mass is 16.5. The summed E-state index contributed by atoms with van der Waals surface area (Å²) in [6, 6.07) is 12.3. The molecule has 26 heavy (non-hydrogen) atoms. The van der Waals surface area contributed by atoms with E-state index in [0.29, 0.717) is 22.7 Å². The van der Waals surface area contributed by atoms with E-state index in [-0.39, 0.29) is 18.1 Å². The number of rotatable bonds is 7. The predicted octanol–water partition coefficient (Wildman–Crippen LogP) is 3.61. The Bertz CT molecular complexity index is 786.